The molecule has 0 amide bonds. The highest BCUT2D eigenvalue weighted by Crippen LogP contribution is 2.16. The smallest absolute Gasteiger partial charge is 0.306 e. The topological polar surface area (TPSA) is 78.9 Å². The zero-order chi connectivity index (χ0) is 43.7. The van der Waals surface area contributed by atoms with Crippen LogP contribution in [-0.4, -0.2) is 37.2 Å². The van der Waals surface area contributed by atoms with Gasteiger partial charge in [-0.15, -0.1) is 0 Å². The summed E-state index contributed by atoms with van der Waals surface area (Å²) in [6.07, 6.45) is 57.0. The number of carbonyl (C=O) groups is 3. The van der Waals surface area contributed by atoms with Crippen LogP contribution in [0.5, 0.6) is 0 Å². The summed E-state index contributed by atoms with van der Waals surface area (Å²) in [7, 11) is 0. The molecule has 1 atom stereocenters. The van der Waals surface area contributed by atoms with Crippen molar-refractivity contribution in [2.75, 3.05) is 13.2 Å². The van der Waals surface area contributed by atoms with Crippen LogP contribution in [0.2, 0.25) is 0 Å². The van der Waals surface area contributed by atoms with E-state index in [2.05, 4.69) is 57.2 Å². The molecule has 0 radical (unpaired) electrons. The van der Waals surface area contributed by atoms with Gasteiger partial charge in [-0.05, 0) is 70.6 Å². The van der Waals surface area contributed by atoms with E-state index in [0.29, 0.717) is 19.3 Å². The summed E-state index contributed by atoms with van der Waals surface area (Å²) in [6, 6.07) is 0. The zero-order valence-electron chi connectivity index (χ0n) is 40.0. The Morgan fingerprint density at radius 2 is 0.650 bits per heavy atom. The third-order valence-electron chi connectivity index (χ3n) is 11.4. The van der Waals surface area contributed by atoms with Crippen molar-refractivity contribution in [3.05, 3.63) is 36.5 Å². The number of esters is 3. The Morgan fingerprint density at radius 3 is 1.03 bits per heavy atom. The molecule has 0 N–H and O–H groups in total. The van der Waals surface area contributed by atoms with E-state index in [4.69, 9.17) is 14.2 Å². The summed E-state index contributed by atoms with van der Waals surface area (Å²) in [5.41, 5.74) is 0. The van der Waals surface area contributed by atoms with Crippen molar-refractivity contribution >= 4 is 17.9 Å². The third kappa shape index (κ3) is 46.7. The monoisotopic (exact) mass is 843 g/mol. The third-order valence-corrected chi connectivity index (χ3v) is 11.4. The molecular formula is C54H98O6. The van der Waals surface area contributed by atoms with E-state index in [0.717, 1.165) is 89.9 Å². The SMILES string of the molecule is CC/C=C\C/C=C\CCCCCCCCCC(=O)OC(COC(=O)CCCCC/C=C\CCCCCCCC)COC(=O)CCCCCCCCCCCCCCCCC. The normalized spacial score (nSPS) is 12.2. The van der Waals surface area contributed by atoms with Crippen LogP contribution < -0.4 is 0 Å². The van der Waals surface area contributed by atoms with Gasteiger partial charge in [0.25, 0.3) is 0 Å². The van der Waals surface area contributed by atoms with Gasteiger partial charge in [-0.25, -0.2) is 0 Å². The van der Waals surface area contributed by atoms with Gasteiger partial charge in [-0.3, -0.25) is 14.4 Å². The van der Waals surface area contributed by atoms with Crippen LogP contribution in [0, 0.1) is 0 Å². The molecule has 1 unspecified atom stereocenters. The second-order valence-electron chi connectivity index (χ2n) is 17.4. The lowest BCUT2D eigenvalue weighted by molar-refractivity contribution is -0.167. The molecule has 0 saturated carbocycles. The van der Waals surface area contributed by atoms with Gasteiger partial charge in [0.05, 0.1) is 0 Å². The van der Waals surface area contributed by atoms with Gasteiger partial charge >= 0.3 is 17.9 Å². The first-order valence-corrected chi connectivity index (χ1v) is 26.0. The van der Waals surface area contributed by atoms with E-state index < -0.39 is 6.10 Å². The van der Waals surface area contributed by atoms with Crippen molar-refractivity contribution in [2.45, 2.75) is 277 Å². The molecule has 60 heavy (non-hydrogen) atoms. The zero-order valence-corrected chi connectivity index (χ0v) is 40.0. The fourth-order valence-electron chi connectivity index (χ4n) is 7.48. The minimum Gasteiger partial charge on any atom is -0.462 e. The second-order valence-corrected chi connectivity index (χ2v) is 17.4. The number of carbonyl (C=O) groups excluding carboxylic acids is 3. The molecule has 6 heteroatoms. The first kappa shape index (κ1) is 57.6. The molecule has 6 nitrogen and oxygen atoms in total. The van der Waals surface area contributed by atoms with Crippen LogP contribution in [0.25, 0.3) is 0 Å². The Hall–Kier alpha value is -2.37. The summed E-state index contributed by atoms with van der Waals surface area (Å²) in [5, 5.41) is 0. The van der Waals surface area contributed by atoms with Gasteiger partial charge < -0.3 is 14.2 Å². The summed E-state index contributed by atoms with van der Waals surface area (Å²) < 4.78 is 16.8. The molecule has 0 heterocycles. The van der Waals surface area contributed by atoms with Crippen LogP contribution >= 0.6 is 0 Å². The molecule has 0 aliphatic heterocycles. The molecule has 0 aromatic carbocycles. The predicted molar refractivity (Wildman–Crippen MR) is 256 cm³/mol. The predicted octanol–water partition coefficient (Wildman–Crippen LogP) is 16.9. The molecule has 0 spiro atoms. The average Bonchev–Trinajstić information content (AvgIpc) is 3.24. The van der Waals surface area contributed by atoms with Crippen molar-refractivity contribution in [3.8, 4) is 0 Å². The number of ether oxygens (including phenoxy) is 3. The Kier molecular flexibility index (Phi) is 47.3. The highest BCUT2D eigenvalue weighted by atomic mass is 16.6. The lowest BCUT2D eigenvalue weighted by Gasteiger charge is -2.18. The lowest BCUT2D eigenvalue weighted by Crippen LogP contribution is -2.30. The standard InChI is InChI=1S/C54H98O6/c1-4-7-10-13-16-19-22-25-27-30-32-35-38-41-44-47-53(56)59-50-51(49-58-52(55)46-43-40-37-34-31-28-24-21-18-15-12-9-6-3)60-54(57)48-45-42-39-36-33-29-26-23-20-17-14-11-8-5-2/h8,11,17,20,28,31,51H,4-7,9-10,12-16,18-19,21-27,29-30,32-50H2,1-3H3/b11-8-,20-17-,31-28-. The number of hydrogen-bond acceptors (Lipinski definition) is 6. The maximum absolute atomic E-state index is 12.8. The van der Waals surface area contributed by atoms with Crippen LogP contribution in [0.15, 0.2) is 36.5 Å². The molecular weight excluding hydrogens is 745 g/mol. The molecule has 0 rings (SSSR count). The fourth-order valence-corrected chi connectivity index (χ4v) is 7.48. The highest BCUT2D eigenvalue weighted by Gasteiger charge is 2.19. The summed E-state index contributed by atoms with van der Waals surface area (Å²) in [4.78, 5) is 37.9. The van der Waals surface area contributed by atoms with Crippen molar-refractivity contribution in [3.63, 3.8) is 0 Å². The van der Waals surface area contributed by atoms with Gasteiger partial charge in [-0.1, -0.05) is 218 Å². The maximum Gasteiger partial charge on any atom is 0.306 e. The van der Waals surface area contributed by atoms with Crippen molar-refractivity contribution in [2.24, 2.45) is 0 Å². The quantitative estimate of drug-likeness (QED) is 0.0263. The minimum absolute atomic E-state index is 0.0771. The number of unbranched alkanes of at least 4 members (excludes halogenated alkanes) is 30. The van der Waals surface area contributed by atoms with Gasteiger partial charge in [0, 0.05) is 19.3 Å². The van der Waals surface area contributed by atoms with Gasteiger partial charge in [0.1, 0.15) is 13.2 Å². The molecule has 0 aromatic rings. The van der Waals surface area contributed by atoms with E-state index in [1.165, 1.54) is 141 Å². The summed E-state index contributed by atoms with van der Waals surface area (Å²) >= 11 is 0. The Labute approximate surface area is 372 Å². The summed E-state index contributed by atoms with van der Waals surface area (Å²) in [5.74, 6) is -0.892. The van der Waals surface area contributed by atoms with Gasteiger partial charge in [0.2, 0.25) is 0 Å². The van der Waals surface area contributed by atoms with Crippen LogP contribution in [0.3, 0.4) is 0 Å². The van der Waals surface area contributed by atoms with E-state index in [1.54, 1.807) is 0 Å². The van der Waals surface area contributed by atoms with E-state index in [1.807, 2.05) is 0 Å². The molecule has 350 valence electrons. The Bertz CT molecular complexity index is 1020. The average molecular weight is 843 g/mol. The highest BCUT2D eigenvalue weighted by molar-refractivity contribution is 5.71. The lowest BCUT2D eigenvalue weighted by atomic mass is 10.0. The van der Waals surface area contributed by atoms with Crippen LogP contribution in [-0.2, 0) is 28.6 Å². The number of hydrogen-bond donors (Lipinski definition) is 0. The van der Waals surface area contributed by atoms with Crippen molar-refractivity contribution in [1.29, 1.82) is 0 Å². The van der Waals surface area contributed by atoms with Crippen LogP contribution in [0.1, 0.15) is 271 Å². The largest absolute Gasteiger partial charge is 0.462 e. The Balaban J connectivity index is 4.37. The summed E-state index contributed by atoms with van der Waals surface area (Å²) in [6.45, 7) is 6.53. The number of allylic oxidation sites excluding steroid dienone is 6. The number of rotatable bonds is 47. The van der Waals surface area contributed by atoms with E-state index >= 15 is 0 Å². The molecule has 0 aliphatic carbocycles. The minimum atomic E-state index is -0.778. The second kappa shape index (κ2) is 49.3. The maximum atomic E-state index is 12.8. The molecule has 0 saturated heterocycles. The fraction of sp³-hybridized carbons (Fsp3) is 0.833. The molecule has 0 aromatic heterocycles. The van der Waals surface area contributed by atoms with Gasteiger partial charge in [0.15, 0.2) is 6.10 Å². The molecule has 0 aliphatic rings. The molecule has 0 bridgehead atoms. The van der Waals surface area contributed by atoms with Gasteiger partial charge in [-0.2, -0.15) is 0 Å². The molecule has 0 fully saturated rings. The van der Waals surface area contributed by atoms with Crippen LogP contribution in [0.4, 0.5) is 0 Å². The Morgan fingerprint density at radius 1 is 0.350 bits per heavy atom. The van der Waals surface area contributed by atoms with E-state index in [9.17, 15) is 14.4 Å². The first-order chi connectivity index (χ1) is 29.5. The van der Waals surface area contributed by atoms with Crippen molar-refractivity contribution < 1.29 is 28.6 Å². The van der Waals surface area contributed by atoms with Crippen molar-refractivity contribution in [1.82, 2.24) is 0 Å². The van der Waals surface area contributed by atoms with E-state index in [-0.39, 0.29) is 31.1 Å². The first-order valence-electron chi connectivity index (χ1n) is 26.0.